The summed E-state index contributed by atoms with van der Waals surface area (Å²) in [6.07, 6.45) is 0.976. The molecule has 3 unspecified atom stereocenters. The van der Waals surface area contributed by atoms with Crippen molar-refractivity contribution in [3.05, 3.63) is 71.2 Å². The number of benzene rings is 2. The molecule has 4 nitrogen and oxygen atoms in total. The maximum Gasteiger partial charge on any atom is 0.311 e. The van der Waals surface area contributed by atoms with Gasteiger partial charge in [0.2, 0.25) is 6.10 Å². The Hall–Kier alpha value is -2.58. The van der Waals surface area contributed by atoms with E-state index in [1.807, 2.05) is 50.3 Å². The van der Waals surface area contributed by atoms with Crippen LogP contribution in [-0.4, -0.2) is 5.97 Å². The van der Waals surface area contributed by atoms with Gasteiger partial charge in [-0.2, -0.15) is 5.26 Å². The molecular formula is C22H20BrNO3. The van der Waals surface area contributed by atoms with E-state index in [-0.39, 0.29) is 23.2 Å². The zero-order valence-electron chi connectivity index (χ0n) is 15.1. The highest BCUT2D eigenvalue weighted by molar-refractivity contribution is 9.11. The van der Waals surface area contributed by atoms with E-state index in [4.69, 9.17) is 9.47 Å². The molecule has 0 aliphatic heterocycles. The Kier molecular flexibility index (Phi) is 5.67. The molecule has 27 heavy (non-hydrogen) atoms. The fraction of sp³-hybridized carbons (Fsp3) is 0.273. The molecule has 0 saturated heterocycles. The molecule has 2 aromatic rings. The Balaban J connectivity index is 1.72. The van der Waals surface area contributed by atoms with Crippen LogP contribution in [-0.2, 0) is 9.53 Å². The lowest BCUT2D eigenvalue weighted by atomic mass is 10.1. The standard InChI is InChI=1S/C22H20BrNO3/c1-22(2)18(11-12-23)20(22)21(25)27-19(14-24)15-7-6-10-17(13-15)26-16-8-4-3-5-9-16/h3-13,18-20H,1-2H3. The number of para-hydroxylation sites is 1. The molecule has 1 aliphatic rings. The van der Waals surface area contributed by atoms with Gasteiger partial charge >= 0.3 is 5.97 Å². The second-order valence-electron chi connectivity index (χ2n) is 7.08. The topological polar surface area (TPSA) is 59.3 Å². The number of allylic oxidation sites excluding steroid dienone is 1. The smallest absolute Gasteiger partial charge is 0.311 e. The number of hydrogen-bond acceptors (Lipinski definition) is 4. The van der Waals surface area contributed by atoms with E-state index in [0.29, 0.717) is 17.1 Å². The summed E-state index contributed by atoms with van der Waals surface area (Å²) in [4.78, 5) is 14.3. The van der Waals surface area contributed by atoms with Gasteiger partial charge in [0.1, 0.15) is 17.6 Å². The Bertz CT molecular complexity index is 886. The number of carbonyl (C=O) groups is 1. The Morgan fingerprint density at radius 1 is 1.19 bits per heavy atom. The van der Waals surface area contributed by atoms with E-state index in [1.54, 1.807) is 29.3 Å². The van der Waals surface area contributed by atoms with Crippen LogP contribution in [0.3, 0.4) is 0 Å². The van der Waals surface area contributed by atoms with Crippen molar-refractivity contribution < 1.29 is 14.3 Å². The van der Waals surface area contributed by atoms with Crippen LogP contribution in [0.1, 0.15) is 25.5 Å². The summed E-state index contributed by atoms with van der Waals surface area (Å²) in [7, 11) is 0. The molecule has 0 bridgehead atoms. The molecule has 1 aliphatic carbocycles. The van der Waals surface area contributed by atoms with Crippen LogP contribution in [0.5, 0.6) is 11.5 Å². The molecule has 3 rings (SSSR count). The molecule has 1 fully saturated rings. The van der Waals surface area contributed by atoms with Crippen LogP contribution in [0.2, 0.25) is 0 Å². The second kappa shape index (κ2) is 7.98. The van der Waals surface area contributed by atoms with E-state index in [0.717, 1.165) is 0 Å². The predicted octanol–water partition coefficient (Wildman–Crippen LogP) is 5.77. The first-order valence-electron chi connectivity index (χ1n) is 8.67. The summed E-state index contributed by atoms with van der Waals surface area (Å²) < 4.78 is 11.3. The van der Waals surface area contributed by atoms with E-state index < -0.39 is 6.10 Å². The number of ether oxygens (including phenoxy) is 2. The third-order valence-corrected chi connectivity index (χ3v) is 5.24. The third kappa shape index (κ3) is 4.23. The number of rotatable bonds is 6. The second-order valence-corrected chi connectivity index (χ2v) is 7.61. The first kappa shape index (κ1) is 19.2. The number of halogens is 1. The summed E-state index contributed by atoms with van der Waals surface area (Å²) in [5.74, 6) is 0.796. The third-order valence-electron chi connectivity index (χ3n) is 4.94. The molecule has 0 N–H and O–H groups in total. The zero-order chi connectivity index (χ0) is 19.4. The molecule has 1 saturated carbocycles. The molecule has 0 radical (unpaired) electrons. The summed E-state index contributed by atoms with van der Waals surface area (Å²) in [5, 5.41) is 9.52. The van der Waals surface area contributed by atoms with Crippen molar-refractivity contribution >= 4 is 21.9 Å². The first-order chi connectivity index (χ1) is 13.0. The van der Waals surface area contributed by atoms with Gasteiger partial charge in [0.25, 0.3) is 0 Å². The van der Waals surface area contributed by atoms with E-state index in [1.165, 1.54) is 0 Å². The van der Waals surface area contributed by atoms with Gasteiger partial charge in [0.05, 0.1) is 5.92 Å². The quantitative estimate of drug-likeness (QED) is 0.551. The highest BCUT2D eigenvalue weighted by Gasteiger charge is 2.61. The van der Waals surface area contributed by atoms with E-state index >= 15 is 0 Å². The van der Waals surface area contributed by atoms with Crippen molar-refractivity contribution in [2.24, 2.45) is 17.3 Å². The summed E-state index contributed by atoms with van der Waals surface area (Å²) in [5.41, 5.74) is 0.421. The molecule has 138 valence electrons. The van der Waals surface area contributed by atoms with Crippen molar-refractivity contribution in [3.63, 3.8) is 0 Å². The predicted molar refractivity (Wildman–Crippen MR) is 106 cm³/mol. The number of nitriles is 1. The summed E-state index contributed by atoms with van der Waals surface area (Å²) in [6, 6.07) is 18.5. The summed E-state index contributed by atoms with van der Waals surface area (Å²) in [6.45, 7) is 4.04. The summed E-state index contributed by atoms with van der Waals surface area (Å²) >= 11 is 3.26. The van der Waals surface area contributed by atoms with E-state index in [2.05, 4.69) is 22.0 Å². The Labute approximate surface area is 167 Å². The lowest BCUT2D eigenvalue weighted by Gasteiger charge is -2.13. The highest BCUT2D eigenvalue weighted by Crippen LogP contribution is 2.59. The molecular weight excluding hydrogens is 406 g/mol. The molecule has 0 spiro atoms. The van der Waals surface area contributed by atoms with Gasteiger partial charge in [-0.15, -0.1) is 0 Å². The molecule has 0 amide bonds. The minimum atomic E-state index is -0.971. The number of nitrogens with zero attached hydrogens (tertiary/aromatic N) is 1. The van der Waals surface area contributed by atoms with Crippen molar-refractivity contribution in [3.8, 4) is 17.6 Å². The normalized spacial score (nSPS) is 21.3. The fourth-order valence-electron chi connectivity index (χ4n) is 3.29. The van der Waals surface area contributed by atoms with Crippen molar-refractivity contribution in [2.75, 3.05) is 0 Å². The Morgan fingerprint density at radius 2 is 1.89 bits per heavy atom. The zero-order valence-corrected chi connectivity index (χ0v) is 16.7. The minimum Gasteiger partial charge on any atom is -0.457 e. The number of hydrogen-bond donors (Lipinski definition) is 0. The van der Waals surface area contributed by atoms with E-state index in [9.17, 15) is 10.1 Å². The highest BCUT2D eigenvalue weighted by atomic mass is 79.9. The van der Waals surface area contributed by atoms with Crippen LogP contribution in [0, 0.1) is 28.6 Å². The molecule has 0 heterocycles. The molecule has 5 heteroatoms. The van der Waals surface area contributed by atoms with Gasteiger partial charge in [-0.05, 0) is 40.6 Å². The van der Waals surface area contributed by atoms with Crippen LogP contribution in [0.15, 0.2) is 65.7 Å². The van der Waals surface area contributed by atoms with Crippen molar-refractivity contribution in [2.45, 2.75) is 20.0 Å². The average Bonchev–Trinajstić information content (AvgIpc) is 3.21. The maximum atomic E-state index is 12.6. The number of carbonyl (C=O) groups excluding carboxylic acids is 1. The minimum absolute atomic E-state index is 0.108. The lowest BCUT2D eigenvalue weighted by Crippen LogP contribution is -2.14. The maximum absolute atomic E-state index is 12.6. The van der Waals surface area contributed by atoms with Gasteiger partial charge in [-0.25, -0.2) is 0 Å². The number of esters is 1. The van der Waals surface area contributed by atoms with Crippen LogP contribution in [0.4, 0.5) is 0 Å². The lowest BCUT2D eigenvalue weighted by molar-refractivity contribution is -0.149. The van der Waals surface area contributed by atoms with Crippen molar-refractivity contribution in [1.29, 1.82) is 5.26 Å². The van der Waals surface area contributed by atoms with Gasteiger partial charge in [-0.3, -0.25) is 4.79 Å². The average molecular weight is 426 g/mol. The van der Waals surface area contributed by atoms with Crippen LogP contribution < -0.4 is 4.74 Å². The van der Waals surface area contributed by atoms with Gasteiger partial charge in [0.15, 0.2) is 0 Å². The van der Waals surface area contributed by atoms with Crippen LogP contribution >= 0.6 is 15.9 Å². The first-order valence-corrected chi connectivity index (χ1v) is 9.59. The molecule has 0 aromatic heterocycles. The van der Waals surface area contributed by atoms with Gasteiger partial charge in [-0.1, -0.05) is 66.2 Å². The Morgan fingerprint density at radius 3 is 2.56 bits per heavy atom. The largest absolute Gasteiger partial charge is 0.457 e. The SMILES string of the molecule is CC1(C)C(C=CBr)C1C(=O)OC(C#N)c1cccc(Oc2ccccc2)c1. The monoisotopic (exact) mass is 425 g/mol. The van der Waals surface area contributed by atoms with Gasteiger partial charge < -0.3 is 9.47 Å². The van der Waals surface area contributed by atoms with Crippen molar-refractivity contribution in [1.82, 2.24) is 0 Å². The fourth-order valence-corrected chi connectivity index (χ4v) is 3.62. The van der Waals surface area contributed by atoms with Crippen LogP contribution in [0.25, 0.3) is 0 Å². The van der Waals surface area contributed by atoms with Gasteiger partial charge in [0, 0.05) is 5.56 Å². The molecule has 3 atom stereocenters. The molecule has 2 aromatic carbocycles.